The molecule has 0 aliphatic carbocycles. The first-order valence-electron chi connectivity index (χ1n) is 7.06. The topological polar surface area (TPSA) is 50.1 Å². The molecule has 0 radical (unpaired) electrons. The number of nitriles is 1. The van der Waals surface area contributed by atoms with E-state index in [4.69, 9.17) is 11.6 Å². The molecule has 1 rings (SSSR count). The number of benzene rings is 1. The van der Waals surface area contributed by atoms with Gasteiger partial charge >= 0.3 is 5.97 Å². The van der Waals surface area contributed by atoms with Crippen molar-refractivity contribution in [2.24, 2.45) is 0 Å². The van der Waals surface area contributed by atoms with E-state index in [1.54, 1.807) is 18.2 Å². The van der Waals surface area contributed by atoms with Crippen LogP contribution in [0.3, 0.4) is 0 Å². The van der Waals surface area contributed by atoms with E-state index in [2.05, 4.69) is 10.8 Å². The zero-order chi connectivity index (χ0) is 15.7. The highest BCUT2D eigenvalue weighted by Crippen LogP contribution is 2.27. The number of carbonyl (C=O) groups excluding carboxylic acids is 1. The highest BCUT2D eigenvalue weighted by atomic mass is 35.5. The molecular formula is C16H19ClFNO2. The second-order valence-electron chi connectivity index (χ2n) is 4.78. The van der Waals surface area contributed by atoms with E-state index in [-0.39, 0.29) is 18.8 Å². The maximum atomic E-state index is 13.1. The van der Waals surface area contributed by atoms with Crippen molar-refractivity contribution in [2.75, 3.05) is 0 Å². The molecule has 0 N–H and O–H groups in total. The number of alkyl halides is 1. The summed E-state index contributed by atoms with van der Waals surface area (Å²) in [7, 11) is 0. The molecule has 0 aliphatic rings. The van der Waals surface area contributed by atoms with E-state index >= 15 is 0 Å². The Morgan fingerprint density at radius 1 is 1.43 bits per heavy atom. The first-order chi connectivity index (χ1) is 10.1. The lowest BCUT2D eigenvalue weighted by Gasteiger charge is -2.12. The number of ether oxygens (including phenoxy) is 1. The number of carbonyl (C=O) groups is 1. The SMILES string of the molecule is CCCC(F)OC(=O)CCCC(C#N)c1ccccc1Cl. The van der Waals surface area contributed by atoms with Gasteiger partial charge in [0.25, 0.3) is 0 Å². The van der Waals surface area contributed by atoms with E-state index in [0.29, 0.717) is 24.3 Å². The van der Waals surface area contributed by atoms with Crippen LogP contribution in [-0.4, -0.2) is 12.3 Å². The van der Waals surface area contributed by atoms with Crippen LogP contribution in [0.1, 0.15) is 50.5 Å². The summed E-state index contributed by atoms with van der Waals surface area (Å²) in [6, 6.07) is 9.33. The summed E-state index contributed by atoms with van der Waals surface area (Å²) in [5.41, 5.74) is 0.754. The number of nitrogens with zero attached hydrogens (tertiary/aromatic N) is 1. The Kier molecular flexibility index (Phi) is 7.78. The van der Waals surface area contributed by atoms with Crippen LogP contribution in [0.25, 0.3) is 0 Å². The Morgan fingerprint density at radius 2 is 2.14 bits per heavy atom. The van der Waals surface area contributed by atoms with Crippen LogP contribution in [-0.2, 0) is 9.53 Å². The molecule has 0 saturated heterocycles. The summed E-state index contributed by atoms with van der Waals surface area (Å²) in [5.74, 6) is -0.935. The molecule has 1 aromatic rings. The molecule has 1 aromatic carbocycles. The molecule has 2 unspecified atom stereocenters. The molecule has 114 valence electrons. The van der Waals surface area contributed by atoms with E-state index in [1.807, 2.05) is 13.0 Å². The monoisotopic (exact) mass is 311 g/mol. The van der Waals surface area contributed by atoms with Gasteiger partial charge in [-0.2, -0.15) is 5.26 Å². The van der Waals surface area contributed by atoms with Gasteiger partial charge in [0.2, 0.25) is 6.36 Å². The van der Waals surface area contributed by atoms with Crippen LogP contribution < -0.4 is 0 Å². The standard InChI is InChI=1S/C16H19ClFNO2/c1-2-6-15(18)21-16(20)10-5-7-12(11-19)13-8-3-4-9-14(13)17/h3-4,8-9,12,15H,2,5-7,10H2,1H3. The summed E-state index contributed by atoms with van der Waals surface area (Å²) in [4.78, 5) is 11.4. The molecule has 0 saturated carbocycles. The zero-order valence-corrected chi connectivity index (χ0v) is 12.8. The van der Waals surface area contributed by atoms with Gasteiger partial charge in [-0.3, -0.25) is 4.79 Å². The van der Waals surface area contributed by atoms with Crippen molar-refractivity contribution in [2.45, 2.75) is 51.3 Å². The van der Waals surface area contributed by atoms with Gasteiger partial charge in [-0.1, -0.05) is 36.7 Å². The fourth-order valence-electron chi connectivity index (χ4n) is 1.99. The largest absolute Gasteiger partial charge is 0.431 e. The Hall–Kier alpha value is -1.60. The van der Waals surface area contributed by atoms with Crippen molar-refractivity contribution >= 4 is 17.6 Å². The van der Waals surface area contributed by atoms with E-state index in [1.165, 1.54) is 0 Å². The number of esters is 1. The van der Waals surface area contributed by atoms with Crippen LogP contribution >= 0.6 is 11.6 Å². The molecule has 0 fully saturated rings. The quantitative estimate of drug-likeness (QED) is 0.650. The lowest BCUT2D eigenvalue weighted by atomic mass is 9.95. The van der Waals surface area contributed by atoms with Gasteiger partial charge in [-0.05, 0) is 30.9 Å². The lowest BCUT2D eigenvalue weighted by Crippen LogP contribution is -2.13. The van der Waals surface area contributed by atoms with Crippen molar-refractivity contribution in [3.05, 3.63) is 34.9 Å². The molecule has 5 heteroatoms. The van der Waals surface area contributed by atoms with E-state index in [0.717, 1.165) is 5.56 Å². The van der Waals surface area contributed by atoms with Crippen LogP contribution in [0.2, 0.25) is 5.02 Å². The minimum atomic E-state index is -1.53. The summed E-state index contributed by atoms with van der Waals surface area (Å²) in [6.07, 6.45) is 0.357. The Balaban J connectivity index is 2.42. The van der Waals surface area contributed by atoms with Gasteiger partial charge in [-0.25, -0.2) is 4.39 Å². The molecule has 0 aliphatic heterocycles. The van der Waals surface area contributed by atoms with E-state index in [9.17, 15) is 14.4 Å². The normalized spacial score (nSPS) is 13.2. The molecule has 3 nitrogen and oxygen atoms in total. The highest BCUT2D eigenvalue weighted by molar-refractivity contribution is 6.31. The molecule has 2 atom stereocenters. The third-order valence-electron chi connectivity index (χ3n) is 3.09. The van der Waals surface area contributed by atoms with Gasteiger partial charge in [0.15, 0.2) is 0 Å². The molecule has 21 heavy (non-hydrogen) atoms. The predicted molar refractivity (Wildman–Crippen MR) is 79.6 cm³/mol. The number of rotatable bonds is 8. The number of hydrogen-bond donors (Lipinski definition) is 0. The summed E-state index contributed by atoms with van der Waals surface area (Å²) in [5, 5.41) is 9.74. The predicted octanol–water partition coefficient (Wildman–Crippen LogP) is 4.76. The van der Waals surface area contributed by atoms with Crippen molar-refractivity contribution in [1.29, 1.82) is 5.26 Å². The maximum absolute atomic E-state index is 13.1. The van der Waals surface area contributed by atoms with Crippen molar-refractivity contribution in [3.63, 3.8) is 0 Å². The fraction of sp³-hybridized carbons (Fsp3) is 0.500. The molecule has 0 amide bonds. The van der Waals surface area contributed by atoms with Crippen LogP contribution in [0.5, 0.6) is 0 Å². The third kappa shape index (κ3) is 6.14. The molecule has 0 heterocycles. The van der Waals surface area contributed by atoms with Crippen molar-refractivity contribution in [3.8, 4) is 6.07 Å². The average Bonchev–Trinajstić information content (AvgIpc) is 2.45. The first kappa shape index (κ1) is 17.5. The minimum Gasteiger partial charge on any atom is -0.431 e. The second kappa shape index (κ2) is 9.36. The molecule has 0 spiro atoms. The molecule has 0 aromatic heterocycles. The Bertz CT molecular complexity index is 501. The first-order valence-corrected chi connectivity index (χ1v) is 7.43. The lowest BCUT2D eigenvalue weighted by molar-refractivity contribution is -0.158. The smallest absolute Gasteiger partial charge is 0.308 e. The highest BCUT2D eigenvalue weighted by Gasteiger charge is 2.16. The molecular weight excluding hydrogens is 293 g/mol. The van der Waals surface area contributed by atoms with Gasteiger partial charge in [-0.15, -0.1) is 0 Å². The number of hydrogen-bond acceptors (Lipinski definition) is 3. The molecule has 0 bridgehead atoms. The summed E-state index contributed by atoms with van der Waals surface area (Å²) < 4.78 is 17.7. The van der Waals surface area contributed by atoms with Gasteiger partial charge < -0.3 is 4.74 Å². The van der Waals surface area contributed by atoms with Gasteiger partial charge in [0.05, 0.1) is 12.0 Å². The Morgan fingerprint density at radius 3 is 2.76 bits per heavy atom. The summed E-state index contributed by atoms with van der Waals surface area (Å²) in [6.45, 7) is 1.82. The van der Waals surface area contributed by atoms with Crippen molar-refractivity contribution in [1.82, 2.24) is 0 Å². The number of halogens is 2. The van der Waals surface area contributed by atoms with Crippen molar-refractivity contribution < 1.29 is 13.9 Å². The van der Waals surface area contributed by atoms with Crippen LogP contribution in [0, 0.1) is 11.3 Å². The third-order valence-corrected chi connectivity index (χ3v) is 3.43. The van der Waals surface area contributed by atoms with E-state index < -0.39 is 12.3 Å². The zero-order valence-electron chi connectivity index (χ0n) is 12.0. The maximum Gasteiger partial charge on any atom is 0.308 e. The second-order valence-corrected chi connectivity index (χ2v) is 5.19. The minimum absolute atomic E-state index is 0.104. The van der Waals surface area contributed by atoms with Crippen LogP contribution in [0.4, 0.5) is 4.39 Å². The van der Waals surface area contributed by atoms with Gasteiger partial charge in [0.1, 0.15) is 0 Å². The van der Waals surface area contributed by atoms with Gasteiger partial charge in [0, 0.05) is 17.9 Å². The fourth-order valence-corrected chi connectivity index (χ4v) is 2.25. The summed E-state index contributed by atoms with van der Waals surface area (Å²) >= 11 is 6.05. The average molecular weight is 312 g/mol. The Labute approximate surface area is 129 Å². The van der Waals surface area contributed by atoms with Crippen LogP contribution in [0.15, 0.2) is 24.3 Å².